The fraction of sp³-hybridized carbons (Fsp3) is 0.667. The predicted octanol–water partition coefficient (Wildman–Crippen LogP) is 1.42. The van der Waals surface area contributed by atoms with Gasteiger partial charge in [-0.15, -0.1) is 0 Å². The van der Waals surface area contributed by atoms with Crippen molar-refractivity contribution in [2.24, 2.45) is 0 Å². The zero-order valence-electron chi connectivity index (χ0n) is 11.3. The van der Waals surface area contributed by atoms with Crippen LogP contribution in [0.4, 0.5) is 4.79 Å². The van der Waals surface area contributed by atoms with Gasteiger partial charge in [-0.1, -0.05) is 12.1 Å². The number of amides is 2. The lowest BCUT2D eigenvalue weighted by molar-refractivity contribution is 0.212. The van der Waals surface area contributed by atoms with Crippen molar-refractivity contribution in [2.45, 2.75) is 46.2 Å². The van der Waals surface area contributed by atoms with Crippen LogP contribution in [-0.2, 0) is 0 Å². The summed E-state index contributed by atoms with van der Waals surface area (Å²) >= 11 is 0. The van der Waals surface area contributed by atoms with Crippen LogP contribution in [0.1, 0.15) is 43.3 Å². The summed E-state index contributed by atoms with van der Waals surface area (Å²) in [6.07, 6.45) is 0.684. The van der Waals surface area contributed by atoms with Crippen LogP contribution in [0.15, 0.2) is 4.52 Å². The summed E-state index contributed by atoms with van der Waals surface area (Å²) in [6, 6.07) is -0.710. The van der Waals surface area contributed by atoms with Crippen molar-refractivity contribution < 1.29 is 14.4 Å². The van der Waals surface area contributed by atoms with Crippen LogP contribution in [-0.4, -0.2) is 28.9 Å². The molecule has 0 bridgehead atoms. The first kappa shape index (κ1) is 14.5. The Balaban J connectivity index is 2.60. The number of nitrogens with zero attached hydrogens (tertiary/aromatic N) is 1. The number of hydrogen-bond donors (Lipinski definition) is 3. The topological polar surface area (TPSA) is 87.4 Å². The maximum Gasteiger partial charge on any atom is 0.315 e. The third kappa shape index (κ3) is 3.46. The van der Waals surface area contributed by atoms with E-state index in [2.05, 4.69) is 15.8 Å². The van der Waals surface area contributed by atoms with Gasteiger partial charge in [-0.05, 0) is 27.2 Å². The molecule has 0 saturated heterocycles. The highest BCUT2D eigenvalue weighted by molar-refractivity contribution is 5.74. The average molecular weight is 255 g/mol. The highest BCUT2D eigenvalue weighted by Gasteiger charge is 2.19. The molecule has 1 aromatic rings. The monoisotopic (exact) mass is 255 g/mol. The second kappa shape index (κ2) is 6.39. The van der Waals surface area contributed by atoms with Crippen LogP contribution in [0.25, 0.3) is 0 Å². The molecular weight excluding hydrogens is 234 g/mol. The van der Waals surface area contributed by atoms with Crippen molar-refractivity contribution in [3.8, 4) is 0 Å². The summed E-state index contributed by atoms with van der Waals surface area (Å²) in [4.78, 5) is 11.7. The van der Waals surface area contributed by atoms with E-state index in [1.54, 1.807) is 0 Å². The third-order valence-electron chi connectivity index (χ3n) is 2.92. The van der Waals surface area contributed by atoms with Crippen LogP contribution in [0, 0.1) is 13.8 Å². The van der Waals surface area contributed by atoms with Gasteiger partial charge in [-0.3, -0.25) is 0 Å². The predicted molar refractivity (Wildman–Crippen MR) is 67.2 cm³/mol. The highest BCUT2D eigenvalue weighted by Crippen LogP contribution is 2.20. The number of rotatable bonds is 5. The summed E-state index contributed by atoms with van der Waals surface area (Å²) in [5, 5.41) is 18.4. The second-order valence-electron chi connectivity index (χ2n) is 4.37. The average Bonchev–Trinajstić information content (AvgIpc) is 2.65. The Kier molecular flexibility index (Phi) is 5.15. The third-order valence-corrected chi connectivity index (χ3v) is 2.92. The molecule has 0 aliphatic carbocycles. The number of aromatic nitrogens is 1. The van der Waals surface area contributed by atoms with E-state index in [-0.39, 0.29) is 24.7 Å². The van der Waals surface area contributed by atoms with Gasteiger partial charge in [-0.25, -0.2) is 4.79 Å². The van der Waals surface area contributed by atoms with Crippen LogP contribution < -0.4 is 10.6 Å². The molecule has 6 heteroatoms. The molecule has 3 N–H and O–H groups in total. The number of carbonyl (C=O) groups excluding carboxylic acids is 1. The molecule has 0 aliphatic heterocycles. The minimum Gasteiger partial charge on any atom is -0.394 e. The van der Waals surface area contributed by atoms with Gasteiger partial charge in [0.25, 0.3) is 0 Å². The molecule has 18 heavy (non-hydrogen) atoms. The molecule has 1 heterocycles. The van der Waals surface area contributed by atoms with Crippen molar-refractivity contribution in [1.82, 2.24) is 15.8 Å². The zero-order chi connectivity index (χ0) is 13.7. The minimum absolute atomic E-state index is 0.0659. The molecule has 2 amide bonds. The molecule has 0 unspecified atom stereocenters. The molecule has 0 aliphatic rings. The van der Waals surface area contributed by atoms with Gasteiger partial charge in [0, 0.05) is 5.56 Å². The number of nitrogens with one attached hydrogen (secondary N) is 2. The SMILES string of the molecule is CC[C@@H](CO)NC(=O)N[C@H](C)c1c(C)noc1C. The van der Waals surface area contributed by atoms with Crippen molar-refractivity contribution in [3.05, 3.63) is 17.0 Å². The number of aliphatic hydroxyl groups excluding tert-OH is 1. The number of aryl methyl sites for hydroxylation is 2. The van der Waals surface area contributed by atoms with Crippen LogP contribution in [0.3, 0.4) is 0 Å². The smallest absolute Gasteiger partial charge is 0.315 e. The zero-order valence-corrected chi connectivity index (χ0v) is 11.3. The van der Waals surface area contributed by atoms with E-state index in [1.165, 1.54) is 0 Å². The van der Waals surface area contributed by atoms with Crippen molar-refractivity contribution in [2.75, 3.05) is 6.61 Å². The maximum absolute atomic E-state index is 11.7. The van der Waals surface area contributed by atoms with E-state index in [1.807, 2.05) is 27.7 Å². The van der Waals surface area contributed by atoms with E-state index in [0.717, 1.165) is 11.3 Å². The van der Waals surface area contributed by atoms with Gasteiger partial charge >= 0.3 is 6.03 Å². The molecule has 0 fully saturated rings. The van der Waals surface area contributed by atoms with Crippen LogP contribution in [0.2, 0.25) is 0 Å². The maximum atomic E-state index is 11.7. The molecule has 0 spiro atoms. The first-order valence-electron chi connectivity index (χ1n) is 6.10. The van der Waals surface area contributed by atoms with Crippen molar-refractivity contribution in [1.29, 1.82) is 0 Å². The van der Waals surface area contributed by atoms with Gasteiger partial charge in [-0.2, -0.15) is 0 Å². The lowest BCUT2D eigenvalue weighted by atomic mass is 10.1. The molecule has 2 atom stereocenters. The standard InChI is InChI=1S/C12H21N3O3/c1-5-10(6-16)14-12(17)13-7(2)11-8(3)15-18-9(11)4/h7,10,16H,5-6H2,1-4H3,(H2,13,14,17)/t7-,10+/m1/s1. The Morgan fingerprint density at radius 3 is 2.56 bits per heavy atom. The largest absolute Gasteiger partial charge is 0.394 e. The van der Waals surface area contributed by atoms with Gasteiger partial charge in [0.1, 0.15) is 5.76 Å². The molecule has 0 saturated carbocycles. The van der Waals surface area contributed by atoms with Crippen molar-refractivity contribution in [3.63, 3.8) is 0 Å². The molecule has 1 aromatic heterocycles. The Morgan fingerprint density at radius 1 is 1.44 bits per heavy atom. The van der Waals surface area contributed by atoms with E-state index in [0.29, 0.717) is 12.2 Å². The Bertz CT molecular complexity index is 380. The quantitative estimate of drug-likeness (QED) is 0.742. The first-order valence-corrected chi connectivity index (χ1v) is 6.10. The fourth-order valence-electron chi connectivity index (χ4n) is 1.88. The van der Waals surface area contributed by atoms with E-state index in [9.17, 15) is 4.79 Å². The highest BCUT2D eigenvalue weighted by atomic mass is 16.5. The lowest BCUT2D eigenvalue weighted by Crippen LogP contribution is -2.44. The first-order chi connectivity index (χ1) is 8.49. The van der Waals surface area contributed by atoms with Gasteiger partial charge in [0.2, 0.25) is 0 Å². The summed E-state index contributed by atoms with van der Waals surface area (Å²) < 4.78 is 5.06. The fourth-order valence-corrected chi connectivity index (χ4v) is 1.88. The molecule has 0 radical (unpaired) electrons. The summed E-state index contributed by atoms with van der Waals surface area (Å²) in [5.41, 5.74) is 1.66. The number of urea groups is 1. The molecule has 0 aromatic carbocycles. The summed E-state index contributed by atoms with van der Waals surface area (Å²) in [7, 11) is 0. The van der Waals surface area contributed by atoms with Gasteiger partial charge in [0.15, 0.2) is 0 Å². The van der Waals surface area contributed by atoms with Crippen molar-refractivity contribution >= 4 is 6.03 Å². The lowest BCUT2D eigenvalue weighted by Gasteiger charge is -2.18. The number of hydrogen-bond acceptors (Lipinski definition) is 4. The Labute approximate surface area is 107 Å². The molecular formula is C12H21N3O3. The summed E-state index contributed by atoms with van der Waals surface area (Å²) in [5.74, 6) is 0.703. The molecule has 1 rings (SSSR count). The molecule has 6 nitrogen and oxygen atoms in total. The van der Waals surface area contributed by atoms with E-state index < -0.39 is 0 Å². The van der Waals surface area contributed by atoms with Crippen LogP contribution >= 0.6 is 0 Å². The number of carbonyl (C=O) groups is 1. The molecule has 102 valence electrons. The summed E-state index contributed by atoms with van der Waals surface area (Å²) in [6.45, 7) is 7.35. The second-order valence-corrected chi connectivity index (χ2v) is 4.37. The normalized spacial score (nSPS) is 14.1. The Hall–Kier alpha value is -1.56. The van der Waals surface area contributed by atoms with Crippen LogP contribution in [0.5, 0.6) is 0 Å². The van der Waals surface area contributed by atoms with Gasteiger partial charge < -0.3 is 20.3 Å². The van der Waals surface area contributed by atoms with Gasteiger partial charge in [0.05, 0.1) is 24.4 Å². The van der Waals surface area contributed by atoms with E-state index in [4.69, 9.17) is 9.63 Å². The van der Waals surface area contributed by atoms with E-state index >= 15 is 0 Å². The number of aliphatic hydroxyl groups is 1. The Morgan fingerprint density at radius 2 is 2.11 bits per heavy atom. The minimum atomic E-state index is -0.302.